The highest BCUT2D eigenvalue weighted by Crippen LogP contribution is 2.19. The Bertz CT molecular complexity index is 261. The maximum absolute atomic E-state index is 5.50. The first kappa shape index (κ1) is 11.4. The Kier molecular flexibility index (Phi) is 4.82. The first-order valence-electron chi connectivity index (χ1n) is 5.03. The van der Waals surface area contributed by atoms with Gasteiger partial charge in [-0.1, -0.05) is 18.3 Å². The second kappa shape index (κ2) is 5.93. The van der Waals surface area contributed by atoms with E-state index in [1.165, 1.54) is 0 Å². The molecule has 0 bridgehead atoms. The third kappa shape index (κ3) is 3.23. The molecule has 1 aromatic heterocycles. The van der Waals surface area contributed by atoms with Crippen LogP contribution in [-0.2, 0) is 0 Å². The Hall–Kier alpha value is -0.680. The summed E-state index contributed by atoms with van der Waals surface area (Å²) in [6, 6.07) is 0. The zero-order valence-corrected chi connectivity index (χ0v) is 9.68. The summed E-state index contributed by atoms with van der Waals surface area (Å²) in [5.74, 6) is 0. The lowest BCUT2D eigenvalue weighted by Gasteiger charge is -2.19. The van der Waals surface area contributed by atoms with Gasteiger partial charge in [0, 0.05) is 13.1 Å². The van der Waals surface area contributed by atoms with Crippen LogP contribution in [0.2, 0.25) is 0 Å². The van der Waals surface area contributed by atoms with E-state index >= 15 is 0 Å². The Morgan fingerprint density at radius 1 is 1.36 bits per heavy atom. The number of anilines is 1. The van der Waals surface area contributed by atoms with Crippen LogP contribution in [0.4, 0.5) is 5.13 Å². The molecule has 2 N–H and O–H groups in total. The molecule has 1 rings (SSSR count). The van der Waals surface area contributed by atoms with Gasteiger partial charge in [-0.15, -0.1) is 10.2 Å². The summed E-state index contributed by atoms with van der Waals surface area (Å²) in [7, 11) is 0. The van der Waals surface area contributed by atoms with Crippen molar-refractivity contribution in [3.05, 3.63) is 5.01 Å². The van der Waals surface area contributed by atoms with Crippen molar-refractivity contribution >= 4 is 16.5 Å². The van der Waals surface area contributed by atoms with E-state index in [1.807, 2.05) is 6.92 Å². The van der Waals surface area contributed by atoms with Crippen LogP contribution in [0, 0.1) is 6.92 Å². The maximum Gasteiger partial charge on any atom is 0.208 e. The van der Waals surface area contributed by atoms with E-state index < -0.39 is 0 Å². The lowest BCUT2D eigenvalue weighted by molar-refractivity contribution is 0.714. The van der Waals surface area contributed by atoms with E-state index in [-0.39, 0.29) is 0 Å². The van der Waals surface area contributed by atoms with E-state index in [9.17, 15) is 0 Å². The third-order valence-corrected chi connectivity index (χ3v) is 2.81. The summed E-state index contributed by atoms with van der Waals surface area (Å²) < 4.78 is 0. The van der Waals surface area contributed by atoms with Gasteiger partial charge in [0.25, 0.3) is 0 Å². The van der Waals surface area contributed by atoms with E-state index in [0.717, 1.165) is 42.6 Å². The summed E-state index contributed by atoms with van der Waals surface area (Å²) in [6.45, 7) is 6.91. The fraction of sp³-hybridized carbons (Fsp3) is 0.778. The van der Waals surface area contributed by atoms with Crippen LogP contribution >= 0.6 is 11.3 Å². The predicted octanol–water partition coefficient (Wildman–Crippen LogP) is 1.41. The van der Waals surface area contributed by atoms with Crippen LogP contribution in [-0.4, -0.2) is 29.8 Å². The predicted molar refractivity (Wildman–Crippen MR) is 60.8 cm³/mol. The van der Waals surface area contributed by atoms with Gasteiger partial charge in [-0.25, -0.2) is 0 Å². The summed E-state index contributed by atoms with van der Waals surface area (Å²) in [6.07, 6.45) is 2.14. The zero-order chi connectivity index (χ0) is 10.4. The van der Waals surface area contributed by atoms with Gasteiger partial charge >= 0.3 is 0 Å². The zero-order valence-electron chi connectivity index (χ0n) is 8.86. The summed E-state index contributed by atoms with van der Waals surface area (Å²) in [5.41, 5.74) is 5.50. The molecular formula is C9H18N4S. The standard InChI is InChI=1S/C9H18N4S/c1-3-6-13(7-4-5-10)9-12-11-8(2)14-9/h3-7,10H2,1-2H3. The third-order valence-electron chi connectivity index (χ3n) is 1.91. The highest BCUT2D eigenvalue weighted by molar-refractivity contribution is 7.15. The topological polar surface area (TPSA) is 55.0 Å². The van der Waals surface area contributed by atoms with E-state index in [0.29, 0.717) is 0 Å². The Morgan fingerprint density at radius 2 is 2.14 bits per heavy atom. The van der Waals surface area contributed by atoms with Crippen LogP contribution in [0.15, 0.2) is 0 Å². The SMILES string of the molecule is CCCN(CCCN)c1nnc(C)s1. The Labute approximate surface area is 89.1 Å². The molecule has 0 aromatic carbocycles. The molecular weight excluding hydrogens is 196 g/mol. The molecule has 0 radical (unpaired) electrons. The largest absolute Gasteiger partial charge is 0.347 e. The number of aromatic nitrogens is 2. The molecule has 0 saturated carbocycles. The molecule has 0 saturated heterocycles. The minimum absolute atomic E-state index is 0.734. The van der Waals surface area contributed by atoms with Gasteiger partial charge in [-0.2, -0.15) is 0 Å². The molecule has 0 fully saturated rings. The summed E-state index contributed by atoms with van der Waals surface area (Å²) in [5, 5.41) is 10.2. The second-order valence-corrected chi connectivity index (χ2v) is 4.39. The van der Waals surface area contributed by atoms with Gasteiger partial charge in [0.1, 0.15) is 5.01 Å². The molecule has 0 amide bonds. The van der Waals surface area contributed by atoms with Crippen molar-refractivity contribution in [2.45, 2.75) is 26.7 Å². The van der Waals surface area contributed by atoms with E-state index in [1.54, 1.807) is 11.3 Å². The fourth-order valence-electron chi connectivity index (χ4n) is 1.27. The van der Waals surface area contributed by atoms with Gasteiger partial charge in [-0.05, 0) is 26.3 Å². The average Bonchev–Trinajstić information content (AvgIpc) is 2.59. The van der Waals surface area contributed by atoms with Crippen molar-refractivity contribution in [3.63, 3.8) is 0 Å². The smallest absolute Gasteiger partial charge is 0.208 e. The Morgan fingerprint density at radius 3 is 2.64 bits per heavy atom. The normalized spacial score (nSPS) is 10.5. The van der Waals surface area contributed by atoms with Gasteiger partial charge in [0.05, 0.1) is 0 Å². The van der Waals surface area contributed by atoms with Crippen molar-refractivity contribution in [1.29, 1.82) is 0 Å². The number of hydrogen-bond donors (Lipinski definition) is 1. The molecule has 1 aromatic rings. The van der Waals surface area contributed by atoms with Crippen LogP contribution < -0.4 is 10.6 Å². The molecule has 0 aliphatic carbocycles. The van der Waals surface area contributed by atoms with Gasteiger partial charge < -0.3 is 10.6 Å². The summed E-state index contributed by atoms with van der Waals surface area (Å²) >= 11 is 1.65. The summed E-state index contributed by atoms with van der Waals surface area (Å²) in [4.78, 5) is 2.26. The first-order chi connectivity index (χ1) is 6.77. The van der Waals surface area contributed by atoms with Crippen molar-refractivity contribution in [2.24, 2.45) is 5.73 Å². The number of nitrogens with two attached hydrogens (primary N) is 1. The van der Waals surface area contributed by atoms with E-state index in [4.69, 9.17) is 5.73 Å². The molecule has 0 unspecified atom stereocenters. The first-order valence-corrected chi connectivity index (χ1v) is 5.84. The molecule has 5 heteroatoms. The minimum Gasteiger partial charge on any atom is -0.347 e. The van der Waals surface area contributed by atoms with E-state index in [2.05, 4.69) is 22.0 Å². The van der Waals surface area contributed by atoms with Crippen molar-refractivity contribution in [3.8, 4) is 0 Å². The molecule has 0 spiro atoms. The molecule has 0 aliphatic rings. The monoisotopic (exact) mass is 214 g/mol. The lowest BCUT2D eigenvalue weighted by atomic mass is 10.3. The average molecular weight is 214 g/mol. The number of hydrogen-bond acceptors (Lipinski definition) is 5. The molecule has 0 aliphatic heterocycles. The number of nitrogens with zero attached hydrogens (tertiary/aromatic N) is 3. The molecule has 14 heavy (non-hydrogen) atoms. The fourth-order valence-corrected chi connectivity index (χ4v) is 2.01. The van der Waals surface area contributed by atoms with Gasteiger partial charge in [0.15, 0.2) is 0 Å². The second-order valence-electron chi connectivity index (χ2n) is 3.23. The maximum atomic E-state index is 5.50. The Balaban J connectivity index is 2.57. The van der Waals surface area contributed by atoms with Crippen LogP contribution in [0.1, 0.15) is 24.8 Å². The van der Waals surface area contributed by atoms with Crippen molar-refractivity contribution in [2.75, 3.05) is 24.5 Å². The highest BCUT2D eigenvalue weighted by Gasteiger charge is 2.09. The van der Waals surface area contributed by atoms with Crippen LogP contribution in [0.25, 0.3) is 0 Å². The molecule has 0 atom stereocenters. The molecule has 1 heterocycles. The van der Waals surface area contributed by atoms with Gasteiger partial charge in [0.2, 0.25) is 5.13 Å². The van der Waals surface area contributed by atoms with Crippen molar-refractivity contribution < 1.29 is 0 Å². The highest BCUT2D eigenvalue weighted by atomic mass is 32.1. The number of aryl methyl sites for hydroxylation is 1. The molecule has 4 nitrogen and oxygen atoms in total. The van der Waals surface area contributed by atoms with Gasteiger partial charge in [-0.3, -0.25) is 0 Å². The number of rotatable bonds is 6. The quantitative estimate of drug-likeness (QED) is 0.778. The van der Waals surface area contributed by atoms with Crippen LogP contribution in [0.3, 0.4) is 0 Å². The minimum atomic E-state index is 0.734. The lowest BCUT2D eigenvalue weighted by Crippen LogP contribution is -2.26. The molecule has 80 valence electrons. The van der Waals surface area contributed by atoms with Crippen molar-refractivity contribution in [1.82, 2.24) is 10.2 Å². The van der Waals surface area contributed by atoms with Crippen LogP contribution in [0.5, 0.6) is 0 Å².